The summed E-state index contributed by atoms with van der Waals surface area (Å²) in [5, 5.41) is 13.1. The normalized spacial score (nSPS) is 16.7. The van der Waals surface area contributed by atoms with Crippen LogP contribution in [0.3, 0.4) is 0 Å². The third-order valence-electron chi connectivity index (χ3n) is 3.32. The zero-order valence-corrected chi connectivity index (χ0v) is 13.8. The van der Waals surface area contributed by atoms with Crippen molar-refractivity contribution >= 4 is 24.8 Å². The molecule has 0 saturated carbocycles. The number of hydrogen-bond acceptors (Lipinski definition) is 4. The van der Waals surface area contributed by atoms with Crippen molar-refractivity contribution < 1.29 is 23.0 Å². The van der Waals surface area contributed by atoms with Crippen LogP contribution in [0.4, 0.5) is 13.2 Å². The number of piperazine rings is 1. The number of ether oxygens (including phenoxy) is 1. The van der Waals surface area contributed by atoms with Crippen molar-refractivity contribution in [1.82, 2.24) is 10.2 Å². The first-order valence-corrected chi connectivity index (χ1v) is 6.56. The van der Waals surface area contributed by atoms with E-state index in [1.165, 1.54) is 12.1 Å². The minimum Gasteiger partial charge on any atom is -0.508 e. The highest BCUT2D eigenvalue weighted by Gasteiger charge is 2.32. The van der Waals surface area contributed by atoms with E-state index in [1.54, 1.807) is 6.08 Å². The predicted octanol–water partition coefficient (Wildman–Crippen LogP) is 3.27. The quantitative estimate of drug-likeness (QED) is 0.793. The molecule has 0 aliphatic carbocycles. The van der Waals surface area contributed by atoms with Gasteiger partial charge in [0, 0.05) is 31.7 Å². The van der Waals surface area contributed by atoms with Gasteiger partial charge in [0.15, 0.2) is 0 Å². The highest BCUT2D eigenvalue weighted by atomic mass is 35.5. The minimum atomic E-state index is -4.76. The Balaban J connectivity index is 0.00000242. The summed E-state index contributed by atoms with van der Waals surface area (Å²) in [5.41, 5.74) is 0.355. The van der Waals surface area contributed by atoms with Crippen LogP contribution in [0, 0.1) is 0 Å². The fourth-order valence-corrected chi connectivity index (χ4v) is 2.40. The molecule has 0 bridgehead atoms. The van der Waals surface area contributed by atoms with E-state index in [0.717, 1.165) is 32.2 Å². The summed E-state index contributed by atoms with van der Waals surface area (Å²) < 4.78 is 40.8. The Bertz CT molecular complexity index is 509. The van der Waals surface area contributed by atoms with Crippen LogP contribution in [0.1, 0.15) is 11.6 Å². The summed E-state index contributed by atoms with van der Waals surface area (Å²) in [7, 11) is 0. The predicted molar refractivity (Wildman–Crippen MR) is 86.7 cm³/mol. The molecular formula is C14H19Cl2F3N2O2. The largest absolute Gasteiger partial charge is 0.573 e. The standard InChI is InChI=1S/C14H17F3N2O2.2ClH/c1-2-12(19-7-5-18-6-8-19)11-9-10(3-4-13(11)20)21-14(15,16)17;;/h2-4,9,12,18,20H,1,5-8H2;2*1H/t12-;;/m0../s1. The minimum absolute atomic E-state index is 0. The van der Waals surface area contributed by atoms with E-state index < -0.39 is 6.36 Å². The summed E-state index contributed by atoms with van der Waals surface area (Å²) in [6.45, 7) is 6.73. The topological polar surface area (TPSA) is 44.7 Å². The molecule has 2 rings (SSSR count). The van der Waals surface area contributed by atoms with Gasteiger partial charge in [-0.05, 0) is 18.2 Å². The van der Waals surface area contributed by atoms with Crippen LogP contribution < -0.4 is 10.1 Å². The van der Waals surface area contributed by atoms with Gasteiger partial charge in [0.1, 0.15) is 11.5 Å². The average Bonchev–Trinajstić information content (AvgIpc) is 2.43. The zero-order chi connectivity index (χ0) is 15.5. The summed E-state index contributed by atoms with van der Waals surface area (Å²) in [4.78, 5) is 2.04. The number of phenolic OH excluding ortho intramolecular Hbond substituents is 1. The molecule has 1 heterocycles. The maximum atomic E-state index is 12.3. The summed E-state index contributed by atoms with van der Waals surface area (Å²) >= 11 is 0. The average molecular weight is 375 g/mol. The summed E-state index contributed by atoms with van der Waals surface area (Å²) in [6, 6.07) is 3.14. The van der Waals surface area contributed by atoms with Crippen molar-refractivity contribution in [3.63, 3.8) is 0 Å². The molecule has 1 aliphatic rings. The van der Waals surface area contributed by atoms with Crippen LogP contribution in [0.15, 0.2) is 30.9 Å². The van der Waals surface area contributed by atoms with Gasteiger partial charge in [-0.25, -0.2) is 0 Å². The third-order valence-corrected chi connectivity index (χ3v) is 3.32. The maximum absolute atomic E-state index is 12.3. The van der Waals surface area contributed by atoms with E-state index in [4.69, 9.17) is 0 Å². The molecule has 1 aromatic carbocycles. The SMILES string of the molecule is C=C[C@@H](c1cc(OC(F)(F)F)ccc1O)N1CCNCC1.Cl.Cl. The summed E-state index contributed by atoms with van der Waals surface area (Å²) in [5.74, 6) is -0.426. The van der Waals surface area contributed by atoms with Gasteiger partial charge in [-0.3, -0.25) is 4.90 Å². The Morgan fingerprint density at radius 2 is 1.87 bits per heavy atom. The first kappa shape index (κ1) is 21.9. The first-order valence-electron chi connectivity index (χ1n) is 6.56. The molecular weight excluding hydrogens is 356 g/mol. The van der Waals surface area contributed by atoms with Gasteiger partial charge in [0.2, 0.25) is 0 Å². The number of halogens is 5. The van der Waals surface area contributed by atoms with Crippen molar-refractivity contribution in [1.29, 1.82) is 0 Å². The van der Waals surface area contributed by atoms with Crippen LogP contribution in [0.2, 0.25) is 0 Å². The van der Waals surface area contributed by atoms with Gasteiger partial charge in [-0.15, -0.1) is 44.6 Å². The zero-order valence-electron chi connectivity index (χ0n) is 12.2. The molecule has 0 aromatic heterocycles. The van der Waals surface area contributed by atoms with Crippen LogP contribution in [-0.2, 0) is 0 Å². The van der Waals surface area contributed by atoms with Crippen molar-refractivity contribution in [2.24, 2.45) is 0 Å². The fourth-order valence-electron chi connectivity index (χ4n) is 2.40. The molecule has 0 amide bonds. The van der Waals surface area contributed by atoms with Gasteiger partial charge in [-0.2, -0.15) is 0 Å². The molecule has 4 nitrogen and oxygen atoms in total. The third kappa shape index (κ3) is 6.10. The van der Waals surface area contributed by atoms with Gasteiger partial charge >= 0.3 is 6.36 Å². The Morgan fingerprint density at radius 3 is 2.39 bits per heavy atom. The van der Waals surface area contributed by atoms with Crippen molar-refractivity contribution in [2.75, 3.05) is 26.2 Å². The molecule has 0 spiro atoms. The number of aromatic hydroxyl groups is 1. The molecule has 0 radical (unpaired) electrons. The van der Waals surface area contributed by atoms with E-state index in [9.17, 15) is 18.3 Å². The molecule has 1 saturated heterocycles. The second kappa shape index (κ2) is 9.22. The second-order valence-electron chi connectivity index (χ2n) is 4.73. The lowest BCUT2D eigenvalue weighted by Gasteiger charge is -2.33. The van der Waals surface area contributed by atoms with Crippen LogP contribution >= 0.6 is 24.8 Å². The van der Waals surface area contributed by atoms with Gasteiger partial charge < -0.3 is 15.2 Å². The Kier molecular flexibility index (Phi) is 8.76. The highest BCUT2D eigenvalue weighted by Crippen LogP contribution is 2.34. The maximum Gasteiger partial charge on any atom is 0.573 e. The van der Waals surface area contributed by atoms with Crippen molar-refractivity contribution in [3.8, 4) is 11.5 Å². The van der Waals surface area contributed by atoms with Crippen LogP contribution in [-0.4, -0.2) is 42.5 Å². The van der Waals surface area contributed by atoms with E-state index in [0.29, 0.717) is 5.56 Å². The molecule has 1 atom stereocenters. The Morgan fingerprint density at radius 1 is 1.26 bits per heavy atom. The number of hydrogen-bond donors (Lipinski definition) is 2. The van der Waals surface area contributed by atoms with E-state index in [1.807, 2.05) is 4.90 Å². The lowest BCUT2D eigenvalue weighted by atomic mass is 10.0. The summed E-state index contributed by atoms with van der Waals surface area (Å²) in [6.07, 6.45) is -3.15. The fraction of sp³-hybridized carbons (Fsp3) is 0.429. The molecule has 1 aromatic rings. The van der Waals surface area contributed by atoms with Crippen molar-refractivity contribution in [2.45, 2.75) is 12.4 Å². The van der Waals surface area contributed by atoms with Crippen molar-refractivity contribution in [3.05, 3.63) is 36.4 Å². The molecule has 2 N–H and O–H groups in total. The number of alkyl halides is 3. The molecule has 9 heteroatoms. The number of nitrogens with one attached hydrogen (secondary N) is 1. The van der Waals surface area contributed by atoms with E-state index >= 15 is 0 Å². The molecule has 23 heavy (non-hydrogen) atoms. The van der Waals surface area contributed by atoms with Crippen LogP contribution in [0.5, 0.6) is 11.5 Å². The number of phenols is 1. The number of benzene rings is 1. The lowest BCUT2D eigenvalue weighted by Crippen LogP contribution is -2.44. The first-order chi connectivity index (χ1) is 9.90. The molecule has 132 valence electrons. The Labute approximate surface area is 145 Å². The van der Waals surface area contributed by atoms with Gasteiger partial charge in [0.25, 0.3) is 0 Å². The molecule has 1 fully saturated rings. The van der Waals surface area contributed by atoms with Crippen LogP contribution in [0.25, 0.3) is 0 Å². The molecule has 1 aliphatic heterocycles. The lowest BCUT2D eigenvalue weighted by molar-refractivity contribution is -0.274. The highest BCUT2D eigenvalue weighted by molar-refractivity contribution is 5.85. The van der Waals surface area contributed by atoms with Gasteiger partial charge in [-0.1, -0.05) is 6.08 Å². The van der Waals surface area contributed by atoms with E-state index in [2.05, 4.69) is 16.6 Å². The number of rotatable bonds is 4. The smallest absolute Gasteiger partial charge is 0.508 e. The number of nitrogens with zero attached hydrogens (tertiary/aromatic N) is 1. The Hall–Kier alpha value is -1.15. The van der Waals surface area contributed by atoms with E-state index in [-0.39, 0.29) is 42.4 Å². The monoisotopic (exact) mass is 374 g/mol. The molecule has 0 unspecified atom stereocenters. The second-order valence-corrected chi connectivity index (χ2v) is 4.73. The van der Waals surface area contributed by atoms with Gasteiger partial charge in [0.05, 0.1) is 6.04 Å².